The number of carbonyl (C=O) groups excluding carboxylic acids is 1. The molecule has 0 radical (unpaired) electrons. The second-order valence-electron chi connectivity index (χ2n) is 3.92. The number of nitrogens with zero attached hydrogens (tertiary/aromatic N) is 2. The molecule has 0 aromatic carbocycles. The Balaban J connectivity index is 3.12. The maximum Gasteiger partial charge on any atom is 0.259 e. The smallest absolute Gasteiger partial charge is 0.259 e. The fourth-order valence-corrected chi connectivity index (χ4v) is 2.02. The molecule has 0 aliphatic carbocycles. The summed E-state index contributed by atoms with van der Waals surface area (Å²) >= 11 is 9.19. The number of rotatable bonds is 0. The minimum Gasteiger partial charge on any atom is -0.271 e. The topological polar surface area (TPSA) is 23.6 Å². The SMILES string of the molecule is CC1(C)C(=O)N(Cl)C(C)(C)N1Br. The van der Waals surface area contributed by atoms with Crippen LogP contribution in [0.15, 0.2) is 0 Å². The summed E-state index contributed by atoms with van der Waals surface area (Å²) in [5, 5.41) is 0. The first-order chi connectivity index (χ1) is 5.22. The predicted octanol–water partition coefficient (Wildman–Crippen LogP) is 2.11. The molecule has 0 saturated carbocycles. The number of carbonyl (C=O) groups is 1. The highest BCUT2D eigenvalue weighted by atomic mass is 79.9. The van der Waals surface area contributed by atoms with Crippen LogP contribution in [0.2, 0.25) is 0 Å². The summed E-state index contributed by atoms with van der Waals surface area (Å²) in [5.74, 6) is -0.0916. The first-order valence-corrected chi connectivity index (χ1v) is 4.73. The average Bonchev–Trinajstić information content (AvgIpc) is 2.06. The predicted molar refractivity (Wildman–Crippen MR) is 51.6 cm³/mol. The van der Waals surface area contributed by atoms with Gasteiger partial charge in [0.25, 0.3) is 5.91 Å². The van der Waals surface area contributed by atoms with Gasteiger partial charge in [-0.2, -0.15) is 0 Å². The van der Waals surface area contributed by atoms with Crippen molar-refractivity contribution in [3.8, 4) is 0 Å². The van der Waals surface area contributed by atoms with Crippen LogP contribution in [-0.2, 0) is 4.79 Å². The summed E-state index contributed by atoms with van der Waals surface area (Å²) in [5.41, 5.74) is -1.06. The van der Waals surface area contributed by atoms with Crippen LogP contribution in [0.25, 0.3) is 0 Å². The van der Waals surface area contributed by atoms with Gasteiger partial charge >= 0.3 is 0 Å². The molecule has 70 valence electrons. The molecule has 1 heterocycles. The summed E-state index contributed by atoms with van der Waals surface area (Å²) in [4.78, 5) is 11.6. The average molecular weight is 256 g/mol. The molecule has 0 aromatic heterocycles. The van der Waals surface area contributed by atoms with Crippen LogP contribution in [0.1, 0.15) is 27.7 Å². The number of halogens is 2. The lowest BCUT2D eigenvalue weighted by Gasteiger charge is -2.32. The second-order valence-corrected chi connectivity index (χ2v) is 4.97. The van der Waals surface area contributed by atoms with Gasteiger partial charge in [0.2, 0.25) is 0 Å². The molecule has 0 N–H and O–H groups in total. The molecule has 0 aromatic rings. The van der Waals surface area contributed by atoms with E-state index in [0.29, 0.717) is 0 Å². The van der Waals surface area contributed by atoms with E-state index in [4.69, 9.17) is 11.8 Å². The molecule has 1 aliphatic rings. The van der Waals surface area contributed by atoms with Crippen molar-refractivity contribution in [3.63, 3.8) is 0 Å². The van der Waals surface area contributed by atoms with Crippen molar-refractivity contribution in [3.05, 3.63) is 0 Å². The van der Waals surface area contributed by atoms with Gasteiger partial charge in [-0.05, 0) is 27.7 Å². The minimum atomic E-state index is -0.578. The minimum absolute atomic E-state index is 0.0916. The van der Waals surface area contributed by atoms with Crippen LogP contribution in [0.5, 0.6) is 0 Å². The largest absolute Gasteiger partial charge is 0.271 e. The molecule has 1 amide bonds. The molecule has 1 saturated heterocycles. The van der Waals surface area contributed by atoms with Gasteiger partial charge in [-0.15, -0.1) is 0 Å². The van der Waals surface area contributed by atoms with Gasteiger partial charge < -0.3 is 0 Å². The Labute approximate surface area is 86.1 Å². The Morgan fingerprint density at radius 3 is 1.83 bits per heavy atom. The number of hydrogen-bond acceptors (Lipinski definition) is 2. The Morgan fingerprint density at radius 2 is 1.75 bits per heavy atom. The van der Waals surface area contributed by atoms with Crippen molar-refractivity contribution in [2.24, 2.45) is 0 Å². The Kier molecular flexibility index (Phi) is 2.22. The van der Waals surface area contributed by atoms with E-state index in [1.54, 1.807) is 3.93 Å². The van der Waals surface area contributed by atoms with Crippen LogP contribution >= 0.6 is 27.9 Å². The van der Waals surface area contributed by atoms with Crippen LogP contribution in [0, 0.1) is 0 Å². The van der Waals surface area contributed by atoms with E-state index in [-0.39, 0.29) is 5.91 Å². The molecular formula is C7H12BrClN2O. The van der Waals surface area contributed by atoms with Crippen molar-refractivity contribution in [2.75, 3.05) is 0 Å². The third-order valence-corrected chi connectivity index (χ3v) is 4.48. The first kappa shape index (κ1) is 10.3. The summed E-state index contributed by atoms with van der Waals surface area (Å²) in [7, 11) is 0. The molecule has 0 spiro atoms. The molecule has 1 fully saturated rings. The van der Waals surface area contributed by atoms with Crippen LogP contribution in [-0.4, -0.2) is 25.5 Å². The Hall–Kier alpha value is 0.200. The van der Waals surface area contributed by atoms with E-state index in [2.05, 4.69) is 16.1 Å². The zero-order valence-corrected chi connectivity index (χ0v) is 9.90. The lowest BCUT2D eigenvalue weighted by atomic mass is 10.1. The van der Waals surface area contributed by atoms with E-state index >= 15 is 0 Å². The normalized spacial score (nSPS) is 28.2. The van der Waals surface area contributed by atoms with Gasteiger partial charge in [0.05, 0.1) is 0 Å². The summed E-state index contributed by atoms with van der Waals surface area (Å²) in [6, 6.07) is 0. The maximum absolute atomic E-state index is 11.6. The Bertz CT molecular complexity index is 229. The Morgan fingerprint density at radius 1 is 1.33 bits per heavy atom. The van der Waals surface area contributed by atoms with Gasteiger partial charge in [-0.3, -0.25) is 4.79 Å². The van der Waals surface area contributed by atoms with Gasteiger partial charge in [0, 0.05) is 27.9 Å². The number of amides is 1. The lowest BCUT2D eigenvalue weighted by Crippen LogP contribution is -2.43. The van der Waals surface area contributed by atoms with Gasteiger partial charge in [0.1, 0.15) is 11.2 Å². The lowest BCUT2D eigenvalue weighted by molar-refractivity contribution is -0.128. The molecule has 1 aliphatic heterocycles. The van der Waals surface area contributed by atoms with Crippen molar-refractivity contribution in [1.82, 2.24) is 8.34 Å². The van der Waals surface area contributed by atoms with Crippen molar-refractivity contribution in [1.29, 1.82) is 0 Å². The van der Waals surface area contributed by atoms with Gasteiger partial charge in [-0.1, -0.05) is 0 Å². The van der Waals surface area contributed by atoms with Crippen LogP contribution in [0.3, 0.4) is 0 Å². The summed E-state index contributed by atoms with van der Waals surface area (Å²) in [6.45, 7) is 7.41. The fraction of sp³-hybridized carbons (Fsp3) is 0.857. The van der Waals surface area contributed by atoms with E-state index in [0.717, 1.165) is 0 Å². The fourth-order valence-electron chi connectivity index (χ4n) is 1.33. The van der Waals surface area contributed by atoms with Crippen LogP contribution in [0.4, 0.5) is 0 Å². The van der Waals surface area contributed by atoms with E-state index in [1.807, 2.05) is 27.7 Å². The highest BCUT2D eigenvalue weighted by Gasteiger charge is 2.55. The monoisotopic (exact) mass is 254 g/mol. The molecule has 12 heavy (non-hydrogen) atoms. The highest BCUT2D eigenvalue weighted by molar-refractivity contribution is 9.07. The van der Waals surface area contributed by atoms with Crippen molar-refractivity contribution >= 4 is 33.8 Å². The molecule has 0 unspecified atom stereocenters. The quantitative estimate of drug-likeness (QED) is 0.619. The van der Waals surface area contributed by atoms with E-state index in [9.17, 15) is 4.79 Å². The van der Waals surface area contributed by atoms with Crippen molar-refractivity contribution in [2.45, 2.75) is 38.9 Å². The van der Waals surface area contributed by atoms with Gasteiger partial charge in [-0.25, -0.2) is 8.34 Å². The third-order valence-electron chi connectivity index (χ3n) is 2.15. The van der Waals surface area contributed by atoms with Gasteiger partial charge in [0.15, 0.2) is 0 Å². The third kappa shape index (κ3) is 1.09. The summed E-state index contributed by atoms with van der Waals surface area (Å²) < 4.78 is 3.00. The zero-order valence-electron chi connectivity index (χ0n) is 7.56. The van der Waals surface area contributed by atoms with Crippen molar-refractivity contribution < 1.29 is 4.79 Å². The van der Waals surface area contributed by atoms with Crippen LogP contribution < -0.4 is 0 Å². The molecule has 3 nitrogen and oxygen atoms in total. The molecule has 0 atom stereocenters. The maximum atomic E-state index is 11.6. The first-order valence-electron chi connectivity index (χ1n) is 3.69. The zero-order chi connectivity index (χ0) is 9.73. The highest BCUT2D eigenvalue weighted by Crippen LogP contribution is 2.41. The molecule has 1 rings (SSSR count). The molecule has 5 heteroatoms. The standard InChI is InChI=1S/C7H12BrClN2O/c1-6(2)5(12)10(9)7(3,4)11(6)8/h1-4H3. The second kappa shape index (κ2) is 2.59. The molecular weight excluding hydrogens is 243 g/mol. The number of hydrogen-bond donors (Lipinski definition) is 0. The summed E-state index contributed by atoms with van der Waals surface area (Å²) in [6.07, 6.45) is 0. The van der Waals surface area contributed by atoms with E-state index < -0.39 is 11.2 Å². The van der Waals surface area contributed by atoms with E-state index in [1.165, 1.54) is 4.42 Å². The molecule has 0 bridgehead atoms.